The number of carbonyl (C=O) groups is 2. The molecule has 2 rings (SSSR count). The number of aliphatic hydroxyl groups excluding tert-OH is 1. The monoisotopic (exact) mass is 279 g/mol. The number of rotatable bonds is 3. The van der Waals surface area contributed by atoms with E-state index in [1.807, 2.05) is 0 Å². The molecule has 1 aromatic rings. The van der Waals surface area contributed by atoms with Crippen LogP contribution in [-0.2, 0) is 16.2 Å². The average Bonchev–Trinajstić information content (AvgIpc) is 2.42. The Bertz CT molecular complexity index is 586. The van der Waals surface area contributed by atoms with Crippen molar-refractivity contribution >= 4 is 23.2 Å². The normalized spacial score (nSPS) is 18.9. The largest absolute Gasteiger partial charge is 0.392 e. The number of piperazine rings is 1. The van der Waals surface area contributed by atoms with E-state index in [1.54, 1.807) is 6.92 Å². The molecular formula is C12H13N3O5. The van der Waals surface area contributed by atoms with E-state index < -0.39 is 22.8 Å². The summed E-state index contributed by atoms with van der Waals surface area (Å²) >= 11 is 0. The van der Waals surface area contributed by atoms with Gasteiger partial charge in [-0.15, -0.1) is 0 Å². The maximum Gasteiger partial charge on any atom is 0.292 e. The van der Waals surface area contributed by atoms with Gasteiger partial charge in [-0.1, -0.05) is 6.07 Å². The molecule has 1 aliphatic heterocycles. The predicted octanol–water partition coefficient (Wildman–Crippen LogP) is -0.0616. The molecule has 8 nitrogen and oxygen atoms in total. The van der Waals surface area contributed by atoms with Crippen molar-refractivity contribution < 1.29 is 19.6 Å². The third-order valence-electron chi connectivity index (χ3n) is 3.15. The van der Waals surface area contributed by atoms with E-state index in [1.165, 1.54) is 23.1 Å². The Morgan fingerprint density at radius 3 is 2.80 bits per heavy atom. The molecule has 2 N–H and O–H groups in total. The summed E-state index contributed by atoms with van der Waals surface area (Å²) in [6, 6.07) is 3.50. The summed E-state index contributed by atoms with van der Waals surface area (Å²) in [6.45, 7) is 1.10. The number of nitro benzene ring substituents is 1. The summed E-state index contributed by atoms with van der Waals surface area (Å²) in [5, 5.41) is 22.3. The Balaban J connectivity index is 2.48. The quantitative estimate of drug-likeness (QED) is 0.455. The lowest BCUT2D eigenvalue weighted by Gasteiger charge is -2.33. The Hall–Kier alpha value is -2.48. The number of nitrogens with one attached hydrogen (secondary N) is 1. The third kappa shape index (κ3) is 2.45. The molecule has 2 amide bonds. The number of hydrogen-bond donors (Lipinski definition) is 2. The standard InChI is InChI=1S/C12H13N3O5/c1-7-12(18)13-11(17)5-14(7)9-3-2-8(6-16)4-10(9)15(19)20/h2-4,7,16H,5-6H2,1H3,(H,13,17,18). The minimum absolute atomic E-state index is 0.133. The molecule has 1 atom stereocenters. The summed E-state index contributed by atoms with van der Waals surface area (Å²) in [4.78, 5) is 34.9. The fraction of sp³-hybridized carbons (Fsp3) is 0.333. The SMILES string of the molecule is CC1C(=O)NC(=O)CN1c1ccc(CO)cc1[N+](=O)[O-]. The highest BCUT2D eigenvalue weighted by Gasteiger charge is 2.33. The molecule has 20 heavy (non-hydrogen) atoms. The van der Waals surface area contributed by atoms with Gasteiger partial charge in [0.05, 0.1) is 18.1 Å². The van der Waals surface area contributed by atoms with Crippen molar-refractivity contribution in [2.45, 2.75) is 19.6 Å². The lowest BCUT2D eigenvalue weighted by Crippen LogP contribution is -2.57. The zero-order valence-corrected chi connectivity index (χ0v) is 10.7. The maximum absolute atomic E-state index is 11.6. The molecule has 1 fully saturated rings. The van der Waals surface area contributed by atoms with Gasteiger partial charge >= 0.3 is 0 Å². The first-order valence-corrected chi connectivity index (χ1v) is 5.92. The van der Waals surface area contributed by atoms with Crippen LogP contribution in [0.1, 0.15) is 12.5 Å². The lowest BCUT2D eigenvalue weighted by molar-refractivity contribution is -0.384. The smallest absolute Gasteiger partial charge is 0.292 e. The first-order chi connectivity index (χ1) is 9.43. The number of nitro groups is 1. The lowest BCUT2D eigenvalue weighted by atomic mass is 10.1. The highest BCUT2D eigenvalue weighted by molar-refractivity contribution is 6.04. The van der Waals surface area contributed by atoms with Gasteiger partial charge in [0.2, 0.25) is 11.8 Å². The number of anilines is 1. The Labute approximate surface area is 114 Å². The van der Waals surface area contributed by atoms with Crippen LogP contribution in [0.4, 0.5) is 11.4 Å². The van der Waals surface area contributed by atoms with Crippen LogP contribution in [-0.4, -0.2) is 34.4 Å². The van der Waals surface area contributed by atoms with Gasteiger partial charge in [0, 0.05) is 6.07 Å². The van der Waals surface area contributed by atoms with Crippen LogP contribution in [0.25, 0.3) is 0 Å². The van der Waals surface area contributed by atoms with Gasteiger partial charge in [-0.2, -0.15) is 0 Å². The molecule has 0 spiro atoms. The van der Waals surface area contributed by atoms with Crippen LogP contribution < -0.4 is 10.2 Å². The van der Waals surface area contributed by atoms with Crippen LogP contribution in [0.5, 0.6) is 0 Å². The molecule has 0 bridgehead atoms. The summed E-state index contributed by atoms with van der Waals surface area (Å²) in [7, 11) is 0. The summed E-state index contributed by atoms with van der Waals surface area (Å²) in [5.74, 6) is -1.00. The van der Waals surface area contributed by atoms with Gasteiger partial charge < -0.3 is 10.0 Å². The van der Waals surface area contributed by atoms with Crippen LogP contribution in [0.15, 0.2) is 18.2 Å². The zero-order valence-electron chi connectivity index (χ0n) is 10.7. The predicted molar refractivity (Wildman–Crippen MR) is 69.0 cm³/mol. The molecule has 0 aliphatic carbocycles. The Morgan fingerprint density at radius 2 is 2.20 bits per heavy atom. The van der Waals surface area contributed by atoms with Crippen LogP contribution in [0.2, 0.25) is 0 Å². The van der Waals surface area contributed by atoms with E-state index in [0.717, 1.165) is 0 Å². The van der Waals surface area contributed by atoms with Crippen molar-refractivity contribution in [3.63, 3.8) is 0 Å². The van der Waals surface area contributed by atoms with Crippen molar-refractivity contribution in [2.24, 2.45) is 0 Å². The fourth-order valence-electron chi connectivity index (χ4n) is 2.06. The molecule has 1 unspecified atom stereocenters. The van der Waals surface area contributed by atoms with Gasteiger partial charge in [0.1, 0.15) is 11.7 Å². The van der Waals surface area contributed by atoms with Crippen LogP contribution in [0.3, 0.4) is 0 Å². The zero-order chi connectivity index (χ0) is 14.9. The molecule has 1 aromatic carbocycles. The Morgan fingerprint density at radius 1 is 1.50 bits per heavy atom. The minimum atomic E-state index is -0.689. The van der Waals surface area contributed by atoms with E-state index in [9.17, 15) is 19.7 Å². The molecule has 1 saturated heterocycles. The van der Waals surface area contributed by atoms with Crippen molar-refractivity contribution in [1.82, 2.24) is 5.32 Å². The number of hydrogen-bond acceptors (Lipinski definition) is 6. The molecule has 1 aliphatic rings. The van der Waals surface area contributed by atoms with Crippen molar-refractivity contribution in [3.8, 4) is 0 Å². The van der Waals surface area contributed by atoms with Gasteiger partial charge in [0.15, 0.2) is 0 Å². The number of aliphatic hydroxyl groups is 1. The number of benzene rings is 1. The summed E-state index contributed by atoms with van der Waals surface area (Å²) < 4.78 is 0. The second kappa shape index (κ2) is 5.25. The number of carbonyl (C=O) groups excluding carboxylic acids is 2. The van der Waals surface area contributed by atoms with Crippen molar-refractivity contribution in [2.75, 3.05) is 11.4 Å². The van der Waals surface area contributed by atoms with Crippen LogP contribution >= 0.6 is 0 Å². The van der Waals surface area contributed by atoms with E-state index >= 15 is 0 Å². The van der Waals surface area contributed by atoms with Gasteiger partial charge in [-0.05, 0) is 18.6 Å². The molecule has 0 saturated carbocycles. The molecule has 0 radical (unpaired) electrons. The second-order valence-corrected chi connectivity index (χ2v) is 4.45. The molecule has 1 heterocycles. The highest BCUT2D eigenvalue weighted by Crippen LogP contribution is 2.31. The third-order valence-corrected chi connectivity index (χ3v) is 3.15. The highest BCUT2D eigenvalue weighted by atomic mass is 16.6. The molecular weight excluding hydrogens is 266 g/mol. The second-order valence-electron chi connectivity index (χ2n) is 4.45. The topological polar surface area (TPSA) is 113 Å². The Kier molecular flexibility index (Phi) is 3.66. The molecule has 0 aromatic heterocycles. The number of imide groups is 1. The average molecular weight is 279 g/mol. The maximum atomic E-state index is 11.6. The first kappa shape index (κ1) is 13.9. The van der Waals surface area contributed by atoms with Crippen molar-refractivity contribution in [3.05, 3.63) is 33.9 Å². The van der Waals surface area contributed by atoms with E-state index in [2.05, 4.69) is 5.32 Å². The van der Waals surface area contributed by atoms with Gasteiger partial charge in [-0.25, -0.2) is 0 Å². The number of nitrogens with zero attached hydrogens (tertiary/aromatic N) is 2. The minimum Gasteiger partial charge on any atom is -0.392 e. The van der Waals surface area contributed by atoms with Gasteiger partial charge in [-0.3, -0.25) is 25.0 Å². The number of amides is 2. The van der Waals surface area contributed by atoms with E-state index in [4.69, 9.17) is 5.11 Å². The molecule has 8 heteroatoms. The van der Waals surface area contributed by atoms with Crippen molar-refractivity contribution in [1.29, 1.82) is 0 Å². The van der Waals surface area contributed by atoms with E-state index in [0.29, 0.717) is 5.56 Å². The fourth-order valence-corrected chi connectivity index (χ4v) is 2.06. The summed E-state index contributed by atoms with van der Waals surface area (Å²) in [6.07, 6.45) is 0. The van der Waals surface area contributed by atoms with E-state index in [-0.39, 0.29) is 24.5 Å². The first-order valence-electron chi connectivity index (χ1n) is 5.92. The van der Waals surface area contributed by atoms with Crippen LogP contribution in [0, 0.1) is 10.1 Å². The summed E-state index contributed by atoms with van der Waals surface area (Å²) in [5.41, 5.74) is 0.328. The molecule has 106 valence electrons. The van der Waals surface area contributed by atoms with Gasteiger partial charge in [0.25, 0.3) is 5.69 Å².